The van der Waals surface area contributed by atoms with Gasteiger partial charge in [-0.3, -0.25) is 14.5 Å². The highest BCUT2D eigenvalue weighted by molar-refractivity contribution is 8.00. The zero-order valence-electron chi connectivity index (χ0n) is 22.3. The number of aliphatic carboxylic acids is 2. The lowest BCUT2D eigenvalue weighted by molar-refractivity contribution is -0.691. The fraction of sp³-hybridized carbons (Fsp3) is 0.409. The summed E-state index contributed by atoms with van der Waals surface area (Å²) in [5.74, 6) is -4.03. The fourth-order valence-electron chi connectivity index (χ4n) is 3.85. The van der Waals surface area contributed by atoms with E-state index in [1.165, 1.54) is 31.9 Å². The van der Waals surface area contributed by atoms with E-state index in [-0.39, 0.29) is 34.8 Å². The van der Waals surface area contributed by atoms with E-state index < -0.39 is 46.5 Å². The third kappa shape index (κ3) is 6.19. The van der Waals surface area contributed by atoms with Crippen molar-refractivity contribution in [2.45, 2.75) is 37.4 Å². The summed E-state index contributed by atoms with van der Waals surface area (Å²) in [5.41, 5.74) is 15.5. The van der Waals surface area contributed by atoms with Gasteiger partial charge in [-0.1, -0.05) is 5.16 Å². The third-order valence-corrected chi connectivity index (χ3v) is 7.92. The predicted octanol–water partition coefficient (Wildman–Crippen LogP) is -2.22. The first kappa shape index (κ1) is 30.4. The first-order chi connectivity index (χ1) is 19.8. The maximum atomic E-state index is 13.2. The molecular formula is C22H28N11O7S2+. The number of oxime groups is 1. The molecule has 2 aliphatic heterocycles. The number of carbonyl (C=O) groups excluding carboxylic acids is 2. The molecule has 1 unspecified atom stereocenters. The highest BCUT2D eigenvalue weighted by Crippen LogP contribution is 2.40. The van der Waals surface area contributed by atoms with E-state index in [1.54, 1.807) is 10.8 Å². The Hall–Kier alpha value is -4.56. The second-order valence-electron chi connectivity index (χ2n) is 9.48. The number of carbonyl (C=O) groups is 4. The van der Waals surface area contributed by atoms with Gasteiger partial charge in [0.25, 0.3) is 24.0 Å². The minimum atomic E-state index is -1.80. The Kier molecular flexibility index (Phi) is 8.78. The number of thioether (sulfide) groups is 1. The summed E-state index contributed by atoms with van der Waals surface area (Å²) >= 11 is 2.02. The van der Waals surface area contributed by atoms with Crippen LogP contribution >= 0.6 is 23.3 Å². The van der Waals surface area contributed by atoms with Gasteiger partial charge in [0.15, 0.2) is 5.13 Å². The Labute approximate surface area is 246 Å². The van der Waals surface area contributed by atoms with Crippen molar-refractivity contribution in [3.05, 3.63) is 29.6 Å². The summed E-state index contributed by atoms with van der Waals surface area (Å²) < 4.78 is 5.55. The Morgan fingerprint density at radius 2 is 2.05 bits per heavy atom. The maximum absolute atomic E-state index is 13.2. The molecule has 18 nitrogen and oxygen atoms in total. The Bertz CT molecular complexity index is 1490. The average Bonchev–Trinajstić information content (AvgIpc) is 3.37. The predicted molar refractivity (Wildman–Crippen MR) is 150 cm³/mol. The first-order valence-corrected chi connectivity index (χ1v) is 14.0. The smallest absolute Gasteiger partial charge is 0.352 e. The van der Waals surface area contributed by atoms with Gasteiger partial charge in [-0.15, -0.1) is 11.8 Å². The molecule has 2 amide bonds. The highest BCUT2D eigenvalue weighted by atomic mass is 32.2. The van der Waals surface area contributed by atoms with Crippen molar-refractivity contribution < 1.29 is 38.8 Å². The molecule has 1 fully saturated rings. The van der Waals surface area contributed by atoms with E-state index in [4.69, 9.17) is 22.0 Å². The fourth-order valence-corrected chi connectivity index (χ4v) is 5.62. The Morgan fingerprint density at radius 3 is 2.67 bits per heavy atom. The number of rotatable bonds is 12. The van der Waals surface area contributed by atoms with Crippen LogP contribution in [0.15, 0.2) is 29.0 Å². The van der Waals surface area contributed by atoms with Gasteiger partial charge < -0.3 is 42.9 Å². The molecule has 2 aromatic rings. The molecule has 0 spiro atoms. The van der Waals surface area contributed by atoms with Gasteiger partial charge in [0.2, 0.25) is 17.1 Å². The molecule has 0 aromatic carbocycles. The lowest BCUT2D eigenvalue weighted by Gasteiger charge is -2.49. The quantitative estimate of drug-likeness (QED) is 0.0571. The van der Waals surface area contributed by atoms with Gasteiger partial charge >= 0.3 is 11.9 Å². The molecule has 2 atom stereocenters. The number of hydrogen-bond acceptors (Lipinski definition) is 15. The van der Waals surface area contributed by atoms with Crippen molar-refractivity contribution in [2.24, 2.45) is 10.9 Å². The number of nitrogens with zero attached hydrogens (tertiary/aromatic N) is 6. The van der Waals surface area contributed by atoms with Gasteiger partial charge in [-0.2, -0.15) is 9.36 Å². The van der Waals surface area contributed by atoms with Crippen LogP contribution in [-0.4, -0.2) is 94.8 Å². The molecule has 0 saturated carbocycles. The second-order valence-corrected chi connectivity index (χ2v) is 11.4. The number of hydrogen-bond donors (Lipinski definition) is 7. The maximum Gasteiger partial charge on any atom is 0.352 e. The van der Waals surface area contributed by atoms with E-state index in [0.29, 0.717) is 24.4 Å². The van der Waals surface area contributed by atoms with Gasteiger partial charge in [-0.25, -0.2) is 14.2 Å². The molecule has 42 heavy (non-hydrogen) atoms. The van der Waals surface area contributed by atoms with Crippen LogP contribution in [0.2, 0.25) is 0 Å². The normalized spacial score (nSPS) is 18.7. The van der Waals surface area contributed by atoms with Gasteiger partial charge in [0, 0.05) is 35.9 Å². The molecule has 1 saturated heterocycles. The molecule has 4 heterocycles. The standard InChI is InChI=1S/C22H27N11O7S2/c1-22(2,20(38)39)40-30-11(15-29-21(25)42-31-15)16(34)28-12-17(35)33-13(19(36)37)9(7-41-18(12)33)5-32-6-10(26-4-3-23)14(24)27-8-32/h6,8,12,18,24,26H,3-5,7,23H2,1-2H3,(H5,25,28,29,31,34,36,37,38,39)/p+1/b30-11-/t12-,18?/m1/s1. The SMILES string of the molecule is CC(C)(O/N=C(\C(=O)N[C@@H]1C(=O)N2C(C(=O)O)=C(C[n+]3cnc(N)c(NCCN)c3)CSC12)c1nsc(N)n1)C(=O)O. The van der Waals surface area contributed by atoms with Gasteiger partial charge in [0.1, 0.15) is 35.5 Å². The number of fused-ring (bicyclic) bond motifs is 1. The molecule has 0 bridgehead atoms. The monoisotopic (exact) mass is 622 g/mol. The summed E-state index contributed by atoms with van der Waals surface area (Å²) in [6.07, 6.45) is 3.11. The summed E-state index contributed by atoms with van der Waals surface area (Å²) in [5, 5.41) is 27.8. The molecule has 0 aliphatic carbocycles. The zero-order chi connectivity index (χ0) is 30.8. The summed E-state index contributed by atoms with van der Waals surface area (Å²) in [7, 11) is 0. The second kappa shape index (κ2) is 12.1. The average molecular weight is 623 g/mol. The summed E-state index contributed by atoms with van der Waals surface area (Å²) in [6, 6.07) is -1.12. The number of amides is 2. The van der Waals surface area contributed by atoms with Crippen molar-refractivity contribution in [1.29, 1.82) is 0 Å². The van der Waals surface area contributed by atoms with Crippen LogP contribution in [0.25, 0.3) is 0 Å². The Balaban J connectivity index is 1.54. The molecule has 224 valence electrons. The van der Waals surface area contributed by atoms with Crippen LogP contribution in [0, 0.1) is 0 Å². The van der Waals surface area contributed by atoms with E-state index in [2.05, 4.69) is 30.1 Å². The van der Waals surface area contributed by atoms with Gasteiger partial charge in [-0.05, 0) is 18.8 Å². The number of β-lactam (4-membered cyclic amide) rings is 1. The van der Waals surface area contributed by atoms with Gasteiger partial charge in [0.05, 0.1) is 0 Å². The van der Waals surface area contributed by atoms with Crippen molar-refractivity contribution >= 4 is 69.4 Å². The largest absolute Gasteiger partial charge is 0.478 e. The minimum absolute atomic E-state index is 0.0111. The van der Waals surface area contributed by atoms with Crippen LogP contribution in [0.1, 0.15) is 19.7 Å². The van der Waals surface area contributed by atoms with E-state index in [1.807, 2.05) is 0 Å². The molecule has 10 N–H and O–H groups in total. The number of aromatic nitrogens is 4. The molecule has 2 aliphatic rings. The molecular weight excluding hydrogens is 594 g/mol. The third-order valence-electron chi connectivity index (χ3n) is 6.03. The van der Waals surface area contributed by atoms with Crippen LogP contribution in [0.3, 0.4) is 0 Å². The lowest BCUT2D eigenvalue weighted by Crippen LogP contribution is -2.71. The zero-order valence-corrected chi connectivity index (χ0v) is 23.9. The van der Waals surface area contributed by atoms with E-state index >= 15 is 0 Å². The number of carboxylic acids is 2. The summed E-state index contributed by atoms with van der Waals surface area (Å²) in [6.45, 7) is 3.36. The van der Waals surface area contributed by atoms with Crippen LogP contribution < -0.4 is 32.4 Å². The number of carboxylic acid groups (broad SMARTS) is 2. The van der Waals surface area contributed by atoms with E-state index in [0.717, 1.165) is 16.4 Å². The molecule has 2 aromatic heterocycles. The van der Waals surface area contributed by atoms with Crippen LogP contribution in [-0.2, 0) is 30.6 Å². The number of nitrogens with two attached hydrogens (primary N) is 3. The van der Waals surface area contributed by atoms with Crippen molar-refractivity contribution in [1.82, 2.24) is 24.6 Å². The van der Waals surface area contributed by atoms with Crippen LogP contribution in [0.5, 0.6) is 0 Å². The molecule has 0 radical (unpaired) electrons. The van der Waals surface area contributed by atoms with Crippen molar-refractivity contribution in [3.8, 4) is 0 Å². The Morgan fingerprint density at radius 1 is 1.31 bits per heavy atom. The topological polar surface area (TPSA) is 278 Å². The number of anilines is 3. The number of nitrogen functional groups attached to an aromatic ring is 2. The number of nitrogens with one attached hydrogen (secondary N) is 2. The van der Waals surface area contributed by atoms with Crippen molar-refractivity contribution in [3.63, 3.8) is 0 Å². The van der Waals surface area contributed by atoms with E-state index in [9.17, 15) is 29.4 Å². The molecule has 20 heteroatoms. The summed E-state index contributed by atoms with van der Waals surface area (Å²) in [4.78, 5) is 64.2. The lowest BCUT2D eigenvalue weighted by atomic mass is 10.0. The molecule has 4 rings (SSSR count). The van der Waals surface area contributed by atoms with Crippen LogP contribution in [0.4, 0.5) is 16.6 Å². The van der Waals surface area contributed by atoms with Crippen molar-refractivity contribution in [2.75, 3.05) is 35.6 Å². The first-order valence-electron chi connectivity index (χ1n) is 12.2. The minimum Gasteiger partial charge on any atom is -0.478 e. The highest BCUT2D eigenvalue weighted by Gasteiger charge is 2.54.